The maximum atomic E-state index is 12.4. The van der Waals surface area contributed by atoms with Crippen LogP contribution in [0.15, 0.2) is 23.3 Å². The van der Waals surface area contributed by atoms with Crippen molar-refractivity contribution in [3.8, 4) is 0 Å². The predicted molar refractivity (Wildman–Crippen MR) is 266 cm³/mol. The first-order valence-electron chi connectivity index (χ1n) is 26.2. The molecule has 6 heteroatoms. The molecule has 0 aliphatic heterocycles. The van der Waals surface area contributed by atoms with Crippen LogP contribution in [-0.4, -0.2) is 63.3 Å². The van der Waals surface area contributed by atoms with E-state index in [2.05, 4.69) is 91.6 Å². The fourth-order valence-electron chi connectivity index (χ4n) is 8.49. The molecular weight excluding hydrogens is 753 g/mol. The van der Waals surface area contributed by atoms with Gasteiger partial charge in [0.1, 0.15) is 13.2 Å². The minimum Gasteiger partial charge on any atom is -0.461 e. The Hall–Kier alpha value is -1.66. The van der Waals surface area contributed by atoms with Crippen LogP contribution in [0.5, 0.6) is 0 Å². The molecule has 0 fully saturated rings. The van der Waals surface area contributed by atoms with Gasteiger partial charge in [0.25, 0.3) is 0 Å². The largest absolute Gasteiger partial charge is 0.461 e. The van der Waals surface area contributed by atoms with Gasteiger partial charge >= 0.3 is 11.9 Å². The lowest BCUT2D eigenvalue weighted by Crippen LogP contribution is -2.32. The molecule has 4 unspecified atom stereocenters. The number of esters is 2. The second-order valence-electron chi connectivity index (χ2n) is 20.7. The third kappa shape index (κ3) is 42.1. The van der Waals surface area contributed by atoms with E-state index in [0.29, 0.717) is 26.1 Å². The Morgan fingerprint density at radius 1 is 0.443 bits per heavy atom. The molecule has 0 heterocycles. The van der Waals surface area contributed by atoms with E-state index in [1.165, 1.54) is 114 Å². The second kappa shape index (κ2) is 41.1. The van der Waals surface area contributed by atoms with Gasteiger partial charge in [-0.2, -0.15) is 0 Å². The highest BCUT2D eigenvalue weighted by Crippen LogP contribution is 2.24. The monoisotopic (exact) mass is 859 g/mol. The molecule has 6 nitrogen and oxygen atoms in total. The van der Waals surface area contributed by atoms with Crippen LogP contribution in [0.2, 0.25) is 0 Å². The van der Waals surface area contributed by atoms with Gasteiger partial charge in [0.15, 0.2) is 0 Å². The standard InChI is InChI=1S/C55H106N2O4/c1-46(2)24-18-26-48(5)28-20-30-50(7)32-22-34-52(9)38-44-60-54(58)36-14-12-16-41-57(43-40-56-11)42-17-13-15-37-55(59)61-45-39-53(10)35-23-33-51(8)31-21-29-49(6)27-19-25-47(3)4/h38-39,46-51,56H,12-37,40-45H2,1-11H3/b52-38+,53-39+. The minimum atomic E-state index is -0.0772. The van der Waals surface area contributed by atoms with E-state index in [1.807, 2.05) is 7.05 Å². The second-order valence-corrected chi connectivity index (χ2v) is 20.7. The highest BCUT2D eigenvalue weighted by Gasteiger charge is 2.10. The molecule has 0 aromatic rings. The predicted octanol–water partition coefficient (Wildman–Crippen LogP) is 15.5. The van der Waals surface area contributed by atoms with Gasteiger partial charge in [0, 0.05) is 25.9 Å². The number of allylic oxidation sites excluding steroid dienone is 2. The number of carbonyl (C=O) groups excluding carboxylic acids is 2. The Kier molecular flexibility index (Phi) is 40.0. The summed E-state index contributed by atoms with van der Waals surface area (Å²) in [7, 11) is 2.00. The highest BCUT2D eigenvalue weighted by molar-refractivity contribution is 5.69. The summed E-state index contributed by atoms with van der Waals surface area (Å²) in [4.78, 5) is 27.2. The lowest BCUT2D eigenvalue weighted by molar-refractivity contribution is -0.143. The van der Waals surface area contributed by atoms with Crippen molar-refractivity contribution in [2.45, 2.75) is 236 Å². The number of carbonyl (C=O) groups is 2. The maximum absolute atomic E-state index is 12.4. The quantitative estimate of drug-likeness (QED) is 0.0374. The fraction of sp³-hybridized carbons (Fsp3) is 0.891. The minimum absolute atomic E-state index is 0.0772. The first-order valence-corrected chi connectivity index (χ1v) is 26.2. The van der Waals surface area contributed by atoms with Crippen LogP contribution in [0.4, 0.5) is 0 Å². The van der Waals surface area contributed by atoms with Gasteiger partial charge in [-0.1, -0.05) is 169 Å². The van der Waals surface area contributed by atoms with E-state index in [4.69, 9.17) is 9.47 Å². The molecule has 0 amide bonds. The number of nitrogens with one attached hydrogen (secondary N) is 1. The number of hydrogen-bond donors (Lipinski definition) is 1. The van der Waals surface area contributed by atoms with Crippen LogP contribution in [0.1, 0.15) is 236 Å². The van der Waals surface area contributed by atoms with E-state index in [1.54, 1.807) is 0 Å². The fourth-order valence-corrected chi connectivity index (χ4v) is 8.49. The van der Waals surface area contributed by atoms with Crippen LogP contribution in [0.25, 0.3) is 0 Å². The zero-order valence-corrected chi connectivity index (χ0v) is 42.8. The van der Waals surface area contributed by atoms with E-state index in [-0.39, 0.29) is 11.9 Å². The topological polar surface area (TPSA) is 67.9 Å². The smallest absolute Gasteiger partial charge is 0.306 e. The number of likely N-dealkylation sites (N-methyl/N-ethyl adjacent to an activating group) is 1. The van der Waals surface area contributed by atoms with Crippen molar-refractivity contribution in [1.82, 2.24) is 10.2 Å². The summed E-state index contributed by atoms with van der Waals surface area (Å²) in [6.07, 6.45) is 34.8. The molecule has 360 valence electrons. The lowest BCUT2D eigenvalue weighted by Gasteiger charge is -2.22. The molecule has 0 aliphatic rings. The molecule has 0 spiro atoms. The van der Waals surface area contributed by atoms with E-state index < -0.39 is 0 Å². The number of hydrogen-bond acceptors (Lipinski definition) is 6. The lowest BCUT2D eigenvalue weighted by atomic mass is 9.91. The van der Waals surface area contributed by atoms with Crippen LogP contribution in [-0.2, 0) is 19.1 Å². The summed E-state index contributed by atoms with van der Waals surface area (Å²) in [6, 6.07) is 0. The van der Waals surface area contributed by atoms with E-state index >= 15 is 0 Å². The molecule has 1 N–H and O–H groups in total. The summed E-state index contributed by atoms with van der Waals surface area (Å²) < 4.78 is 11.1. The maximum Gasteiger partial charge on any atom is 0.306 e. The Morgan fingerprint density at radius 2 is 0.787 bits per heavy atom. The first kappa shape index (κ1) is 59.3. The van der Waals surface area contributed by atoms with Gasteiger partial charge < -0.3 is 19.7 Å². The Bertz CT molecular complexity index is 1000. The van der Waals surface area contributed by atoms with Crippen molar-refractivity contribution in [3.63, 3.8) is 0 Å². The number of ether oxygens (including phenoxy) is 2. The summed E-state index contributed by atoms with van der Waals surface area (Å²) >= 11 is 0. The van der Waals surface area contributed by atoms with E-state index in [0.717, 1.165) is 113 Å². The molecule has 4 atom stereocenters. The zero-order valence-electron chi connectivity index (χ0n) is 42.8. The van der Waals surface area contributed by atoms with Gasteiger partial charge in [-0.3, -0.25) is 9.59 Å². The Balaban J connectivity index is 4.01. The first-order chi connectivity index (χ1) is 29.2. The van der Waals surface area contributed by atoms with Crippen LogP contribution in [0.3, 0.4) is 0 Å². The highest BCUT2D eigenvalue weighted by atomic mass is 16.5. The normalized spacial score (nSPS) is 14.5. The van der Waals surface area contributed by atoms with Gasteiger partial charge in [0.2, 0.25) is 0 Å². The van der Waals surface area contributed by atoms with Gasteiger partial charge in [-0.15, -0.1) is 0 Å². The SMILES string of the molecule is CNCCN(CCCCCC(=O)OC/C=C(\C)CCCC(C)CCCC(C)CCCC(C)C)CCCCCC(=O)OC/C=C(\C)CCCC(C)CCCC(C)CCCC(C)C. The molecule has 61 heavy (non-hydrogen) atoms. The molecule has 0 aromatic carbocycles. The average molecular weight is 859 g/mol. The third-order valence-electron chi connectivity index (χ3n) is 13.0. The van der Waals surface area contributed by atoms with Crippen molar-refractivity contribution in [2.24, 2.45) is 35.5 Å². The summed E-state index contributed by atoms with van der Waals surface area (Å²) in [6.45, 7) is 28.2. The van der Waals surface area contributed by atoms with Gasteiger partial charge in [0.05, 0.1) is 0 Å². The van der Waals surface area contributed by atoms with Crippen molar-refractivity contribution < 1.29 is 19.1 Å². The average Bonchev–Trinajstić information content (AvgIpc) is 3.19. The molecule has 0 aliphatic carbocycles. The molecule has 0 aromatic heterocycles. The number of rotatable bonds is 43. The van der Waals surface area contributed by atoms with Gasteiger partial charge in [-0.25, -0.2) is 0 Å². The molecule has 0 saturated carbocycles. The van der Waals surface area contributed by atoms with Crippen molar-refractivity contribution in [3.05, 3.63) is 23.3 Å². The Labute approximate surface area is 381 Å². The zero-order chi connectivity index (χ0) is 45.5. The summed E-state index contributed by atoms with van der Waals surface area (Å²) in [5.41, 5.74) is 2.67. The molecule has 0 radical (unpaired) electrons. The third-order valence-corrected chi connectivity index (χ3v) is 13.0. The Morgan fingerprint density at radius 3 is 1.13 bits per heavy atom. The van der Waals surface area contributed by atoms with Crippen molar-refractivity contribution in [1.29, 1.82) is 0 Å². The molecule has 0 bridgehead atoms. The summed E-state index contributed by atoms with van der Waals surface area (Å²) in [5, 5.41) is 3.28. The van der Waals surface area contributed by atoms with Crippen LogP contribution in [0, 0.1) is 35.5 Å². The van der Waals surface area contributed by atoms with Crippen molar-refractivity contribution >= 4 is 11.9 Å². The van der Waals surface area contributed by atoms with Crippen molar-refractivity contribution in [2.75, 3.05) is 46.4 Å². The molecule has 0 saturated heterocycles. The van der Waals surface area contributed by atoms with Crippen LogP contribution < -0.4 is 5.32 Å². The van der Waals surface area contributed by atoms with Gasteiger partial charge in [-0.05, 0) is 133 Å². The number of unbranched alkanes of at least 4 members (excludes halogenated alkanes) is 4. The summed E-state index contributed by atoms with van der Waals surface area (Å²) in [5.74, 6) is 4.83. The molecule has 0 rings (SSSR count). The van der Waals surface area contributed by atoms with Crippen LogP contribution >= 0.6 is 0 Å². The van der Waals surface area contributed by atoms with E-state index in [9.17, 15) is 9.59 Å². The molecular formula is C55H106N2O4. The number of nitrogens with zero attached hydrogens (tertiary/aromatic N) is 1.